The third-order valence-corrected chi connectivity index (χ3v) is 3.37. The molecule has 0 atom stereocenters. The molecule has 0 saturated heterocycles. The van der Waals surface area contributed by atoms with Crippen molar-refractivity contribution in [3.05, 3.63) is 10.1 Å². The van der Waals surface area contributed by atoms with Gasteiger partial charge in [-0.1, -0.05) is 0 Å². The van der Waals surface area contributed by atoms with Gasteiger partial charge in [-0.05, 0) is 25.7 Å². The van der Waals surface area contributed by atoms with Gasteiger partial charge in [0.05, 0.1) is 6.42 Å². The van der Waals surface area contributed by atoms with E-state index in [0.717, 1.165) is 0 Å². The molecule has 108 valence electrons. The average Bonchev–Trinajstić information content (AvgIpc) is 2.35. The Bertz CT molecular complexity index is 351. The van der Waals surface area contributed by atoms with Gasteiger partial charge in [0.25, 0.3) is 5.09 Å². The van der Waals surface area contributed by atoms with Gasteiger partial charge in [0, 0.05) is 19.5 Å². The molecule has 0 heterocycles. The first-order valence-corrected chi connectivity index (χ1v) is 6.18. The molecule has 0 spiro atoms. The molecule has 8 nitrogen and oxygen atoms in total. The van der Waals surface area contributed by atoms with Gasteiger partial charge in [-0.25, -0.2) is 0 Å². The lowest BCUT2D eigenvalue weighted by Crippen LogP contribution is -2.41. The van der Waals surface area contributed by atoms with E-state index in [0.29, 0.717) is 25.7 Å². The summed E-state index contributed by atoms with van der Waals surface area (Å²) in [6.45, 7) is 0. The van der Waals surface area contributed by atoms with Crippen LogP contribution in [0.5, 0.6) is 0 Å². The summed E-state index contributed by atoms with van der Waals surface area (Å²) in [5, 5.41) is 17.9. The molecule has 1 aliphatic rings. The molecule has 19 heavy (non-hydrogen) atoms. The van der Waals surface area contributed by atoms with Gasteiger partial charge in [-0.15, -0.1) is 10.1 Å². The summed E-state index contributed by atoms with van der Waals surface area (Å²) in [5.74, 6) is -1.20. The summed E-state index contributed by atoms with van der Waals surface area (Å²) in [7, 11) is 1.64. The maximum absolute atomic E-state index is 11.7. The molecule has 1 N–H and O–H groups in total. The summed E-state index contributed by atoms with van der Waals surface area (Å²) < 4.78 is 0. The molecule has 0 aromatic rings. The van der Waals surface area contributed by atoms with Gasteiger partial charge in [-0.3, -0.25) is 9.59 Å². The first-order chi connectivity index (χ1) is 8.90. The third kappa shape index (κ3) is 5.11. The number of amides is 1. The number of carboxylic acid groups (broad SMARTS) is 1. The predicted molar refractivity (Wildman–Crippen MR) is 63.8 cm³/mol. The van der Waals surface area contributed by atoms with Gasteiger partial charge in [0.15, 0.2) is 0 Å². The second kappa shape index (κ2) is 6.91. The molecule has 0 bridgehead atoms. The van der Waals surface area contributed by atoms with Gasteiger partial charge >= 0.3 is 5.97 Å². The number of rotatable bonds is 6. The van der Waals surface area contributed by atoms with Crippen LogP contribution in [-0.4, -0.2) is 46.2 Å². The molecule has 1 saturated carbocycles. The van der Waals surface area contributed by atoms with Crippen molar-refractivity contribution < 1.29 is 24.6 Å². The lowest BCUT2D eigenvalue weighted by Gasteiger charge is -2.33. The van der Waals surface area contributed by atoms with Crippen molar-refractivity contribution in [1.29, 1.82) is 0 Å². The van der Waals surface area contributed by atoms with Crippen LogP contribution in [0.1, 0.15) is 38.5 Å². The Labute approximate surface area is 110 Å². The van der Waals surface area contributed by atoms with Crippen molar-refractivity contribution >= 4 is 11.9 Å². The standard InChI is InChI=1S/C11H18N2O6/c1-12(10(14)6-7-11(15)16)8-2-4-9(5-3-8)19-13(17)18/h8-9H,2-7H2,1H3,(H,15,16). The normalized spacial score (nSPS) is 22.6. The van der Waals surface area contributed by atoms with Crippen LogP contribution in [0.15, 0.2) is 0 Å². The zero-order valence-corrected chi connectivity index (χ0v) is 10.8. The molecule has 1 rings (SSSR count). The maximum atomic E-state index is 11.7. The number of aliphatic carboxylic acids is 1. The van der Waals surface area contributed by atoms with Crippen molar-refractivity contribution in [2.45, 2.75) is 50.7 Å². The Kier molecular flexibility index (Phi) is 5.53. The lowest BCUT2D eigenvalue weighted by atomic mass is 9.92. The molecule has 1 aliphatic carbocycles. The molecule has 1 fully saturated rings. The summed E-state index contributed by atoms with van der Waals surface area (Å²) in [6.07, 6.45) is 1.74. The van der Waals surface area contributed by atoms with E-state index < -0.39 is 17.2 Å². The molecular formula is C11H18N2O6. The van der Waals surface area contributed by atoms with Crippen LogP contribution < -0.4 is 0 Å². The Morgan fingerprint density at radius 2 is 1.89 bits per heavy atom. The zero-order chi connectivity index (χ0) is 14.4. The highest BCUT2D eigenvalue weighted by Crippen LogP contribution is 2.25. The second-order valence-electron chi connectivity index (χ2n) is 4.66. The van der Waals surface area contributed by atoms with Gasteiger partial charge in [0.1, 0.15) is 6.10 Å². The van der Waals surface area contributed by atoms with E-state index in [1.807, 2.05) is 0 Å². The minimum absolute atomic E-state index is 0.00731. The largest absolute Gasteiger partial charge is 0.481 e. The van der Waals surface area contributed by atoms with Crippen LogP contribution in [-0.2, 0) is 14.4 Å². The molecular weight excluding hydrogens is 256 g/mol. The Balaban J connectivity index is 2.35. The molecule has 1 amide bonds. The van der Waals surface area contributed by atoms with Gasteiger partial charge < -0.3 is 14.8 Å². The van der Waals surface area contributed by atoms with Crippen LogP contribution in [0.2, 0.25) is 0 Å². The maximum Gasteiger partial charge on any atom is 0.303 e. The lowest BCUT2D eigenvalue weighted by molar-refractivity contribution is -0.769. The first-order valence-electron chi connectivity index (χ1n) is 6.18. The van der Waals surface area contributed by atoms with Gasteiger partial charge in [-0.2, -0.15) is 0 Å². The van der Waals surface area contributed by atoms with Crippen molar-refractivity contribution in [1.82, 2.24) is 4.90 Å². The predicted octanol–water partition coefficient (Wildman–Crippen LogP) is 0.829. The van der Waals surface area contributed by atoms with Crippen LogP contribution in [0.25, 0.3) is 0 Å². The topological polar surface area (TPSA) is 110 Å². The monoisotopic (exact) mass is 274 g/mol. The van der Waals surface area contributed by atoms with Crippen molar-refractivity contribution in [2.24, 2.45) is 0 Å². The quantitative estimate of drug-likeness (QED) is 0.567. The summed E-state index contributed by atoms with van der Waals surface area (Å²) in [4.78, 5) is 38.4. The minimum atomic E-state index is -0.996. The Morgan fingerprint density at radius 1 is 1.32 bits per heavy atom. The fourth-order valence-corrected chi connectivity index (χ4v) is 2.25. The highest BCUT2D eigenvalue weighted by Gasteiger charge is 2.28. The van der Waals surface area contributed by atoms with Crippen LogP contribution in [0.3, 0.4) is 0 Å². The summed E-state index contributed by atoms with van der Waals surface area (Å²) in [5.41, 5.74) is 0. The number of carbonyl (C=O) groups is 2. The van der Waals surface area contributed by atoms with Crippen molar-refractivity contribution in [2.75, 3.05) is 7.05 Å². The molecule has 0 unspecified atom stereocenters. The van der Waals surface area contributed by atoms with Crippen LogP contribution in [0, 0.1) is 10.1 Å². The summed E-state index contributed by atoms with van der Waals surface area (Å²) >= 11 is 0. The number of hydrogen-bond acceptors (Lipinski definition) is 5. The minimum Gasteiger partial charge on any atom is -0.481 e. The SMILES string of the molecule is CN(C(=O)CCC(=O)O)C1CCC(O[N+](=O)[O-])CC1. The highest BCUT2D eigenvalue weighted by molar-refractivity contribution is 5.80. The number of hydrogen-bond donors (Lipinski definition) is 1. The zero-order valence-electron chi connectivity index (χ0n) is 10.8. The third-order valence-electron chi connectivity index (χ3n) is 3.37. The van der Waals surface area contributed by atoms with E-state index in [-0.39, 0.29) is 24.8 Å². The molecule has 0 aliphatic heterocycles. The van der Waals surface area contributed by atoms with E-state index in [2.05, 4.69) is 4.84 Å². The van der Waals surface area contributed by atoms with Crippen LogP contribution >= 0.6 is 0 Å². The second-order valence-corrected chi connectivity index (χ2v) is 4.66. The number of carbonyl (C=O) groups excluding carboxylic acids is 1. The van der Waals surface area contributed by atoms with E-state index in [9.17, 15) is 19.7 Å². The fraction of sp³-hybridized carbons (Fsp3) is 0.818. The molecule has 0 radical (unpaired) electrons. The first kappa shape index (κ1) is 15.2. The molecule has 8 heteroatoms. The highest BCUT2D eigenvalue weighted by atomic mass is 17.0. The molecule has 0 aromatic carbocycles. The van der Waals surface area contributed by atoms with E-state index >= 15 is 0 Å². The fourth-order valence-electron chi connectivity index (χ4n) is 2.25. The van der Waals surface area contributed by atoms with Crippen LogP contribution in [0.4, 0.5) is 0 Å². The van der Waals surface area contributed by atoms with Gasteiger partial charge in [0.2, 0.25) is 5.91 Å². The number of carboxylic acids is 1. The molecule has 0 aromatic heterocycles. The summed E-state index contributed by atoms with van der Waals surface area (Å²) in [6, 6.07) is 0.00731. The number of nitrogens with zero attached hydrogens (tertiary/aromatic N) is 2. The van der Waals surface area contributed by atoms with E-state index in [4.69, 9.17) is 5.11 Å². The Hall–Kier alpha value is -1.86. The van der Waals surface area contributed by atoms with E-state index in [1.165, 1.54) is 0 Å². The smallest absolute Gasteiger partial charge is 0.303 e. The van der Waals surface area contributed by atoms with Crippen molar-refractivity contribution in [3.8, 4) is 0 Å². The average molecular weight is 274 g/mol. The Morgan fingerprint density at radius 3 is 2.37 bits per heavy atom. The van der Waals surface area contributed by atoms with E-state index in [1.54, 1.807) is 11.9 Å². The van der Waals surface area contributed by atoms with Crippen molar-refractivity contribution in [3.63, 3.8) is 0 Å².